The van der Waals surface area contributed by atoms with Crippen LogP contribution in [0.1, 0.15) is 22.4 Å². The van der Waals surface area contributed by atoms with E-state index in [1.54, 1.807) is 16.2 Å². The van der Waals surface area contributed by atoms with E-state index >= 15 is 0 Å². The smallest absolute Gasteiger partial charge is 0.410 e. The Morgan fingerprint density at radius 3 is 2.77 bits per heavy atom. The second-order valence-corrected chi connectivity index (χ2v) is 6.53. The van der Waals surface area contributed by atoms with E-state index in [1.807, 2.05) is 30.3 Å². The average molecular weight is 313 g/mol. The molecule has 0 fully saturated rings. The summed E-state index contributed by atoms with van der Waals surface area (Å²) in [4.78, 5) is 15.2. The van der Waals surface area contributed by atoms with Crippen molar-refractivity contribution in [1.82, 2.24) is 4.90 Å². The van der Waals surface area contributed by atoms with Crippen LogP contribution in [0.2, 0.25) is 0 Å². The van der Waals surface area contributed by atoms with Gasteiger partial charge >= 0.3 is 6.09 Å². The molecule has 0 radical (unpaired) electrons. The fraction of sp³-hybridized carbons (Fsp3) is 0.278. The summed E-state index contributed by atoms with van der Waals surface area (Å²) >= 11 is 1.76. The number of hydrogen-bond acceptors (Lipinski definition) is 3. The van der Waals surface area contributed by atoms with Gasteiger partial charge in [0.2, 0.25) is 0 Å². The molecule has 0 spiro atoms. The zero-order valence-corrected chi connectivity index (χ0v) is 13.4. The summed E-state index contributed by atoms with van der Waals surface area (Å²) in [6.07, 6.45) is 2.78. The van der Waals surface area contributed by atoms with Crippen molar-refractivity contribution in [3.63, 3.8) is 0 Å². The lowest BCUT2D eigenvalue weighted by molar-refractivity contribution is 0.0998. The SMILES string of the molecule is Cc1cc(C2=CCN(C(=O)OCc3ccccc3)CC2)cs1. The Labute approximate surface area is 134 Å². The molecule has 4 heteroatoms. The highest BCUT2D eigenvalue weighted by Gasteiger charge is 2.19. The van der Waals surface area contributed by atoms with Gasteiger partial charge < -0.3 is 9.64 Å². The molecule has 0 saturated heterocycles. The maximum atomic E-state index is 12.1. The van der Waals surface area contributed by atoms with E-state index in [2.05, 4.69) is 24.4 Å². The summed E-state index contributed by atoms with van der Waals surface area (Å²) in [5.74, 6) is 0. The van der Waals surface area contributed by atoms with Crippen molar-refractivity contribution in [3.8, 4) is 0 Å². The van der Waals surface area contributed by atoms with Gasteiger partial charge in [-0.2, -0.15) is 0 Å². The quantitative estimate of drug-likeness (QED) is 0.836. The molecular weight excluding hydrogens is 294 g/mol. The van der Waals surface area contributed by atoms with E-state index in [-0.39, 0.29) is 6.09 Å². The molecule has 1 amide bonds. The molecule has 0 bridgehead atoms. The van der Waals surface area contributed by atoms with Gasteiger partial charge in [-0.1, -0.05) is 36.4 Å². The standard InChI is InChI=1S/C18H19NO2S/c1-14-11-17(13-22-14)16-7-9-19(10-8-16)18(20)21-12-15-5-3-2-4-6-15/h2-7,11,13H,8-10,12H2,1H3. The molecule has 0 saturated carbocycles. The predicted octanol–water partition coefficient (Wildman–Crippen LogP) is 4.48. The van der Waals surface area contributed by atoms with Gasteiger partial charge in [-0.05, 0) is 41.5 Å². The number of thiophene rings is 1. The zero-order valence-electron chi connectivity index (χ0n) is 12.6. The van der Waals surface area contributed by atoms with Gasteiger partial charge in [0, 0.05) is 18.0 Å². The van der Waals surface area contributed by atoms with Crippen molar-refractivity contribution in [1.29, 1.82) is 0 Å². The first-order valence-electron chi connectivity index (χ1n) is 7.42. The van der Waals surface area contributed by atoms with E-state index in [1.165, 1.54) is 16.0 Å². The zero-order chi connectivity index (χ0) is 15.4. The highest BCUT2D eigenvalue weighted by Crippen LogP contribution is 2.26. The Bertz CT molecular complexity index is 675. The van der Waals surface area contributed by atoms with Crippen LogP contribution in [0, 0.1) is 6.92 Å². The average Bonchev–Trinajstić information content (AvgIpc) is 3.00. The molecule has 22 heavy (non-hydrogen) atoms. The van der Waals surface area contributed by atoms with Crippen LogP contribution in [0.4, 0.5) is 4.79 Å². The maximum Gasteiger partial charge on any atom is 0.410 e. The van der Waals surface area contributed by atoms with E-state index in [0.29, 0.717) is 19.7 Å². The van der Waals surface area contributed by atoms with Crippen LogP contribution in [0.25, 0.3) is 5.57 Å². The number of ether oxygens (including phenoxy) is 1. The minimum absolute atomic E-state index is 0.236. The van der Waals surface area contributed by atoms with Gasteiger partial charge in [-0.25, -0.2) is 4.79 Å². The van der Waals surface area contributed by atoms with E-state index in [0.717, 1.165) is 12.0 Å². The monoisotopic (exact) mass is 313 g/mol. The number of benzene rings is 1. The van der Waals surface area contributed by atoms with Gasteiger partial charge in [0.05, 0.1) is 0 Å². The number of nitrogens with zero attached hydrogens (tertiary/aromatic N) is 1. The minimum Gasteiger partial charge on any atom is -0.445 e. The van der Waals surface area contributed by atoms with Gasteiger partial charge in [0.15, 0.2) is 0 Å². The Balaban J connectivity index is 1.54. The van der Waals surface area contributed by atoms with Gasteiger partial charge in [0.25, 0.3) is 0 Å². The lowest BCUT2D eigenvalue weighted by Gasteiger charge is -2.25. The number of aryl methyl sites for hydroxylation is 1. The molecule has 0 N–H and O–H groups in total. The van der Waals surface area contributed by atoms with E-state index in [4.69, 9.17) is 4.74 Å². The highest BCUT2D eigenvalue weighted by molar-refractivity contribution is 7.10. The third kappa shape index (κ3) is 3.57. The van der Waals surface area contributed by atoms with Crippen LogP contribution in [0.3, 0.4) is 0 Å². The van der Waals surface area contributed by atoms with E-state index in [9.17, 15) is 4.79 Å². The van der Waals surface area contributed by atoms with Crippen LogP contribution in [-0.2, 0) is 11.3 Å². The summed E-state index contributed by atoms with van der Waals surface area (Å²) in [6, 6.07) is 12.0. The van der Waals surface area contributed by atoms with Gasteiger partial charge in [0.1, 0.15) is 6.61 Å². The lowest BCUT2D eigenvalue weighted by atomic mass is 10.0. The molecule has 1 aromatic carbocycles. The molecule has 0 unspecified atom stereocenters. The largest absolute Gasteiger partial charge is 0.445 e. The van der Waals surface area contributed by atoms with Crippen LogP contribution >= 0.6 is 11.3 Å². The molecular formula is C18H19NO2S. The van der Waals surface area contributed by atoms with Crippen molar-refractivity contribution in [2.75, 3.05) is 13.1 Å². The molecule has 2 aromatic rings. The predicted molar refractivity (Wildman–Crippen MR) is 89.9 cm³/mol. The number of amides is 1. The van der Waals surface area contributed by atoms with Crippen molar-refractivity contribution in [2.24, 2.45) is 0 Å². The Morgan fingerprint density at radius 2 is 2.14 bits per heavy atom. The summed E-state index contributed by atoms with van der Waals surface area (Å²) in [5, 5.41) is 2.19. The van der Waals surface area contributed by atoms with Crippen LogP contribution in [0.5, 0.6) is 0 Å². The fourth-order valence-corrected chi connectivity index (χ4v) is 3.25. The van der Waals surface area contributed by atoms with E-state index < -0.39 is 0 Å². The second kappa shape index (κ2) is 6.79. The molecule has 3 rings (SSSR count). The normalized spacial score (nSPS) is 14.6. The molecule has 0 aliphatic carbocycles. The lowest BCUT2D eigenvalue weighted by Crippen LogP contribution is -2.35. The maximum absolute atomic E-state index is 12.1. The Hall–Kier alpha value is -2.07. The summed E-state index contributed by atoms with van der Waals surface area (Å²) in [7, 11) is 0. The number of carbonyl (C=O) groups excluding carboxylic acids is 1. The Kier molecular flexibility index (Phi) is 4.59. The second-order valence-electron chi connectivity index (χ2n) is 5.41. The van der Waals surface area contributed by atoms with Gasteiger partial charge in [-0.15, -0.1) is 11.3 Å². The van der Waals surface area contributed by atoms with Crippen LogP contribution in [0.15, 0.2) is 47.9 Å². The van der Waals surface area contributed by atoms with Crippen molar-refractivity contribution < 1.29 is 9.53 Å². The first-order chi connectivity index (χ1) is 10.7. The summed E-state index contributed by atoms with van der Waals surface area (Å²) < 4.78 is 5.37. The summed E-state index contributed by atoms with van der Waals surface area (Å²) in [6.45, 7) is 3.79. The molecule has 114 valence electrons. The van der Waals surface area contributed by atoms with Crippen molar-refractivity contribution in [2.45, 2.75) is 20.0 Å². The molecule has 1 aliphatic heterocycles. The third-order valence-corrected chi connectivity index (χ3v) is 4.64. The first-order valence-corrected chi connectivity index (χ1v) is 8.30. The third-order valence-electron chi connectivity index (χ3n) is 3.77. The highest BCUT2D eigenvalue weighted by atomic mass is 32.1. The minimum atomic E-state index is -0.236. The van der Waals surface area contributed by atoms with Crippen molar-refractivity contribution >= 4 is 23.0 Å². The molecule has 1 aliphatic rings. The van der Waals surface area contributed by atoms with Crippen LogP contribution < -0.4 is 0 Å². The molecule has 3 nitrogen and oxygen atoms in total. The fourth-order valence-electron chi connectivity index (χ4n) is 2.52. The Morgan fingerprint density at radius 1 is 1.32 bits per heavy atom. The number of carbonyl (C=O) groups is 1. The molecule has 2 heterocycles. The number of hydrogen-bond donors (Lipinski definition) is 0. The first kappa shape index (κ1) is 14.9. The van der Waals surface area contributed by atoms with Crippen LogP contribution in [-0.4, -0.2) is 24.1 Å². The number of rotatable bonds is 3. The molecule has 0 atom stereocenters. The topological polar surface area (TPSA) is 29.5 Å². The van der Waals surface area contributed by atoms with Crippen molar-refractivity contribution in [3.05, 3.63) is 63.9 Å². The van der Waals surface area contributed by atoms with Gasteiger partial charge in [-0.3, -0.25) is 0 Å². The molecule has 1 aromatic heterocycles. The summed E-state index contributed by atoms with van der Waals surface area (Å²) in [5.41, 5.74) is 3.63.